The zero-order valence-corrected chi connectivity index (χ0v) is 12.3. The molecule has 2 N–H and O–H groups in total. The van der Waals surface area contributed by atoms with E-state index < -0.39 is 0 Å². The molecule has 4 aromatic rings. The first-order valence-corrected chi connectivity index (χ1v) is 7.25. The van der Waals surface area contributed by atoms with E-state index in [4.69, 9.17) is 11.6 Å². The summed E-state index contributed by atoms with van der Waals surface area (Å²) in [5.41, 5.74) is 4.94. The van der Waals surface area contributed by atoms with Crippen LogP contribution in [0.5, 0.6) is 0 Å². The largest absolute Gasteiger partial charge is 0.278 e. The lowest BCUT2D eigenvalue weighted by Gasteiger charge is -2.02. The minimum absolute atomic E-state index is 0.701. The zero-order valence-electron chi connectivity index (χ0n) is 11.5. The normalized spacial score (nSPS) is 11.1. The van der Waals surface area contributed by atoms with Crippen LogP contribution in [0.4, 0.5) is 0 Å². The van der Waals surface area contributed by atoms with Crippen LogP contribution in [0.15, 0.2) is 48.7 Å². The molecule has 0 unspecified atom stereocenters. The van der Waals surface area contributed by atoms with Gasteiger partial charge in [-0.1, -0.05) is 29.8 Å². The van der Waals surface area contributed by atoms with E-state index in [1.165, 1.54) is 0 Å². The van der Waals surface area contributed by atoms with Crippen LogP contribution in [0.1, 0.15) is 11.3 Å². The lowest BCUT2D eigenvalue weighted by Crippen LogP contribution is -1.92. The molecule has 6 heteroatoms. The van der Waals surface area contributed by atoms with Crippen LogP contribution in [0.2, 0.25) is 5.02 Å². The molecule has 0 bridgehead atoms. The summed E-state index contributed by atoms with van der Waals surface area (Å²) in [6.07, 6.45) is 2.50. The number of hydrogen-bond acceptors (Lipinski definition) is 3. The summed E-state index contributed by atoms with van der Waals surface area (Å²) in [6.45, 7) is 0. The Morgan fingerprint density at radius 1 is 1.00 bits per heavy atom. The summed E-state index contributed by atoms with van der Waals surface area (Å²) in [4.78, 5) is 0. The van der Waals surface area contributed by atoms with Gasteiger partial charge in [0.15, 0.2) is 0 Å². The molecule has 0 fully saturated rings. The summed E-state index contributed by atoms with van der Waals surface area (Å²) in [6, 6.07) is 13.8. The van der Waals surface area contributed by atoms with Gasteiger partial charge in [-0.15, -0.1) is 0 Å². The molecule has 0 amide bonds. The molecule has 0 saturated heterocycles. The SMILES string of the molecule is Clc1ccc(Cc2n[nH]nc2-c2ccc3[nH]ncc3c2)cc1. The number of hydrogen-bond donors (Lipinski definition) is 2. The van der Waals surface area contributed by atoms with Crippen molar-refractivity contribution < 1.29 is 0 Å². The first-order chi connectivity index (χ1) is 10.8. The van der Waals surface area contributed by atoms with Crippen molar-refractivity contribution in [3.63, 3.8) is 0 Å². The van der Waals surface area contributed by atoms with Gasteiger partial charge in [-0.05, 0) is 29.8 Å². The topological polar surface area (TPSA) is 70.2 Å². The second kappa shape index (κ2) is 5.27. The Bertz CT molecular complexity index is 923. The van der Waals surface area contributed by atoms with E-state index in [2.05, 4.69) is 31.7 Å². The minimum atomic E-state index is 0.701. The molecule has 2 aromatic carbocycles. The van der Waals surface area contributed by atoms with Gasteiger partial charge in [0.05, 0.1) is 17.4 Å². The molecule has 0 atom stereocenters. The molecule has 0 aliphatic rings. The van der Waals surface area contributed by atoms with Crippen LogP contribution < -0.4 is 0 Å². The molecular weight excluding hydrogens is 298 g/mol. The average Bonchev–Trinajstić information content (AvgIpc) is 3.17. The Kier molecular flexibility index (Phi) is 3.12. The van der Waals surface area contributed by atoms with Crippen molar-refractivity contribution in [2.45, 2.75) is 6.42 Å². The Labute approximate surface area is 131 Å². The maximum atomic E-state index is 5.92. The summed E-state index contributed by atoms with van der Waals surface area (Å²) in [5.74, 6) is 0. The van der Waals surface area contributed by atoms with Gasteiger partial charge in [-0.25, -0.2) is 0 Å². The number of fused-ring (bicyclic) bond motifs is 1. The van der Waals surface area contributed by atoms with Gasteiger partial charge in [0.2, 0.25) is 0 Å². The molecule has 5 nitrogen and oxygen atoms in total. The predicted molar refractivity (Wildman–Crippen MR) is 85.7 cm³/mol. The lowest BCUT2D eigenvalue weighted by molar-refractivity contribution is 0.916. The Morgan fingerprint density at radius 3 is 2.73 bits per heavy atom. The molecule has 0 aliphatic heterocycles. The van der Waals surface area contributed by atoms with Crippen LogP contribution in [-0.4, -0.2) is 25.6 Å². The maximum Gasteiger partial charge on any atom is 0.116 e. The Hall–Kier alpha value is -2.66. The van der Waals surface area contributed by atoms with Crippen molar-refractivity contribution in [2.75, 3.05) is 0 Å². The quantitative estimate of drug-likeness (QED) is 0.607. The lowest BCUT2D eigenvalue weighted by atomic mass is 10.0. The number of rotatable bonds is 3. The van der Waals surface area contributed by atoms with Crippen molar-refractivity contribution in [2.24, 2.45) is 0 Å². The fourth-order valence-corrected chi connectivity index (χ4v) is 2.62. The maximum absolute atomic E-state index is 5.92. The average molecular weight is 310 g/mol. The number of benzene rings is 2. The number of nitrogens with zero attached hydrogens (tertiary/aromatic N) is 3. The highest BCUT2D eigenvalue weighted by Crippen LogP contribution is 2.25. The molecule has 4 rings (SSSR count). The fourth-order valence-electron chi connectivity index (χ4n) is 2.49. The van der Waals surface area contributed by atoms with Crippen molar-refractivity contribution >= 4 is 22.5 Å². The van der Waals surface area contributed by atoms with E-state index in [1.54, 1.807) is 6.20 Å². The molecule has 2 heterocycles. The molecule has 108 valence electrons. The van der Waals surface area contributed by atoms with Gasteiger partial charge < -0.3 is 0 Å². The van der Waals surface area contributed by atoms with E-state index in [1.807, 2.05) is 36.4 Å². The van der Waals surface area contributed by atoms with Gasteiger partial charge in [-0.2, -0.15) is 20.5 Å². The van der Waals surface area contributed by atoms with Crippen LogP contribution in [0.3, 0.4) is 0 Å². The first-order valence-electron chi connectivity index (χ1n) is 6.87. The van der Waals surface area contributed by atoms with Crippen molar-refractivity contribution in [1.82, 2.24) is 25.6 Å². The van der Waals surface area contributed by atoms with Crippen molar-refractivity contribution in [3.05, 3.63) is 64.9 Å². The summed E-state index contributed by atoms with van der Waals surface area (Å²) in [5, 5.41) is 20.1. The Morgan fingerprint density at radius 2 is 1.86 bits per heavy atom. The van der Waals surface area contributed by atoms with Crippen LogP contribution in [-0.2, 0) is 6.42 Å². The van der Waals surface area contributed by atoms with Gasteiger partial charge in [-0.3, -0.25) is 5.10 Å². The Balaban J connectivity index is 1.71. The third-order valence-electron chi connectivity index (χ3n) is 3.62. The molecule has 0 spiro atoms. The number of aromatic nitrogens is 5. The van der Waals surface area contributed by atoms with Crippen LogP contribution in [0, 0.1) is 0 Å². The third kappa shape index (κ3) is 2.35. The zero-order chi connectivity index (χ0) is 14.9. The van der Waals surface area contributed by atoms with Gasteiger partial charge in [0, 0.05) is 22.4 Å². The van der Waals surface area contributed by atoms with E-state index >= 15 is 0 Å². The van der Waals surface area contributed by atoms with Crippen LogP contribution >= 0.6 is 11.6 Å². The second-order valence-electron chi connectivity index (χ2n) is 5.09. The molecule has 0 radical (unpaired) electrons. The molecule has 2 aromatic heterocycles. The number of H-pyrrole nitrogens is 2. The monoisotopic (exact) mass is 309 g/mol. The summed E-state index contributed by atoms with van der Waals surface area (Å²) < 4.78 is 0. The van der Waals surface area contributed by atoms with Crippen molar-refractivity contribution in [1.29, 1.82) is 0 Å². The number of nitrogens with one attached hydrogen (secondary N) is 2. The minimum Gasteiger partial charge on any atom is -0.278 e. The number of halogens is 1. The molecule has 0 saturated carbocycles. The van der Waals surface area contributed by atoms with E-state index in [0.717, 1.165) is 38.4 Å². The van der Waals surface area contributed by atoms with E-state index in [0.29, 0.717) is 6.42 Å². The number of aromatic amines is 2. The molecule has 0 aliphatic carbocycles. The van der Waals surface area contributed by atoms with Crippen LogP contribution in [0.25, 0.3) is 22.2 Å². The standard InChI is InChI=1S/C16H12ClN5/c17-13-4-1-10(2-5-13)7-15-16(21-22-20-15)11-3-6-14-12(8-11)9-18-19-14/h1-6,8-9H,7H2,(H,18,19)(H,20,21,22). The van der Waals surface area contributed by atoms with E-state index in [-0.39, 0.29) is 0 Å². The summed E-state index contributed by atoms with van der Waals surface area (Å²) >= 11 is 5.92. The first kappa shape index (κ1) is 13.0. The molecule has 22 heavy (non-hydrogen) atoms. The third-order valence-corrected chi connectivity index (χ3v) is 3.87. The van der Waals surface area contributed by atoms with Gasteiger partial charge >= 0.3 is 0 Å². The predicted octanol–water partition coefficient (Wildman–Crippen LogP) is 3.59. The van der Waals surface area contributed by atoms with E-state index in [9.17, 15) is 0 Å². The highest BCUT2D eigenvalue weighted by Gasteiger charge is 2.12. The summed E-state index contributed by atoms with van der Waals surface area (Å²) in [7, 11) is 0. The van der Waals surface area contributed by atoms with Gasteiger partial charge in [0.25, 0.3) is 0 Å². The van der Waals surface area contributed by atoms with Crippen molar-refractivity contribution in [3.8, 4) is 11.3 Å². The molecular formula is C16H12ClN5. The van der Waals surface area contributed by atoms with Gasteiger partial charge in [0.1, 0.15) is 5.69 Å². The smallest absolute Gasteiger partial charge is 0.116 e. The highest BCUT2D eigenvalue weighted by molar-refractivity contribution is 6.30. The fraction of sp³-hybridized carbons (Fsp3) is 0.0625. The second-order valence-corrected chi connectivity index (χ2v) is 5.53. The highest BCUT2D eigenvalue weighted by atomic mass is 35.5.